The number of nitrogens with zero attached hydrogens (tertiary/aromatic N) is 4. The number of nitrogens with one attached hydrogen (secondary N) is 3. The first kappa shape index (κ1) is 50.2. The minimum atomic E-state index is -4.99. The number of amides is 4. The van der Waals surface area contributed by atoms with Crippen LogP contribution < -0.4 is 30.4 Å². The summed E-state index contributed by atoms with van der Waals surface area (Å²) in [6.07, 6.45) is 3.73. The van der Waals surface area contributed by atoms with E-state index in [0.717, 1.165) is 0 Å². The standard InChI is InChI=1S/C47H60F3N7O10S/c1-29-13-10-8-7-9-11-14-34(53-42(62)67-43(2,3)4)40(60)57-27-46(26-35(57)39(59)54-45(29,6)41(61)55-68(63,64)44(5)20-21-44)19-17-31-32-25-30(65-24-12-23-56-28-51-22-18-36(56)58)15-16-33(32)52-38(37(31)66-46)47(48,49)50/h10,13,15-16,18,22,25,28-29,34-35H,7-9,11-12,14,17,19-21,23-24,26-27H2,1-6H3,(H,53,62)(H,54,59)(H,55,61)/b13-10-/t29-,34-,35-,45+,46+/m0/s1. The van der Waals surface area contributed by atoms with Crippen molar-refractivity contribution in [2.24, 2.45) is 5.92 Å². The van der Waals surface area contributed by atoms with E-state index >= 15 is 13.2 Å². The topological polar surface area (TPSA) is 217 Å². The molecule has 5 atom stereocenters. The monoisotopic (exact) mass is 971 g/mol. The summed E-state index contributed by atoms with van der Waals surface area (Å²) in [5.74, 6) is -3.62. The summed E-state index contributed by atoms with van der Waals surface area (Å²) in [4.78, 5) is 78.5. The van der Waals surface area contributed by atoms with Crippen molar-refractivity contribution < 1.29 is 55.0 Å². The molecule has 2 aromatic heterocycles. The van der Waals surface area contributed by atoms with Crippen LogP contribution in [0.2, 0.25) is 0 Å². The molecule has 4 amide bonds. The third-order valence-electron chi connectivity index (χ3n) is 13.4. The second kappa shape index (κ2) is 19.0. The Morgan fingerprint density at radius 3 is 2.49 bits per heavy atom. The van der Waals surface area contributed by atoms with Gasteiger partial charge >= 0.3 is 12.3 Å². The van der Waals surface area contributed by atoms with E-state index in [9.17, 15) is 32.4 Å². The van der Waals surface area contributed by atoms with Crippen LogP contribution in [0.5, 0.6) is 11.5 Å². The summed E-state index contributed by atoms with van der Waals surface area (Å²) in [6, 6.07) is 3.14. The average molecular weight is 972 g/mol. The van der Waals surface area contributed by atoms with Gasteiger partial charge in [-0.2, -0.15) is 13.2 Å². The fraction of sp³-hybridized carbons (Fsp3) is 0.596. The van der Waals surface area contributed by atoms with Crippen molar-refractivity contribution in [3.8, 4) is 11.5 Å². The van der Waals surface area contributed by atoms with Gasteiger partial charge < -0.3 is 29.7 Å². The Labute approximate surface area is 393 Å². The molecule has 0 unspecified atom stereocenters. The van der Waals surface area contributed by atoms with Crippen molar-refractivity contribution in [2.45, 2.75) is 158 Å². The Morgan fingerprint density at radius 2 is 1.79 bits per heavy atom. The molecule has 1 spiro atoms. The first-order valence-electron chi connectivity index (χ1n) is 23.1. The zero-order valence-electron chi connectivity index (χ0n) is 39.2. The van der Waals surface area contributed by atoms with Crippen LogP contribution in [0.3, 0.4) is 0 Å². The summed E-state index contributed by atoms with van der Waals surface area (Å²) in [5, 5.41) is 5.77. The number of halogens is 3. The summed E-state index contributed by atoms with van der Waals surface area (Å²) in [5.41, 5.74) is -5.74. The Kier molecular flexibility index (Phi) is 14.0. The molecular weight excluding hydrogens is 912 g/mol. The van der Waals surface area contributed by atoms with Gasteiger partial charge in [-0.25, -0.2) is 23.2 Å². The molecule has 1 saturated heterocycles. The van der Waals surface area contributed by atoms with Gasteiger partial charge in [-0.1, -0.05) is 31.9 Å². The number of aryl methyl sites for hydroxylation is 2. The van der Waals surface area contributed by atoms with Gasteiger partial charge in [0.05, 0.1) is 29.7 Å². The molecule has 17 nitrogen and oxygen atoms in total. The minimum absolute atomic E-state index is 0.000650. The molecule has 1 aromatic carbocycles. The maximum atomic E-state index is 15.0. The lowest BCUT2D eigenvalue weighted by Crippen LogP contribution is -2.64. The predicted octanol–water partition coefficient (Wildman–Crippen LogP) is 5.87. The number of alkyl halides is 3. The van der Waals surface area contributed by atoms with E-state index in [1.807, 2.05) is 6.08 Å². The molecule has 5 heterocycles. The minimum Gasteiger partial charge on any atom is -0.494 e. The van der Waals surface area contributed by atoms with Crippen molar-refractivity contribution in [1.29, 1.82) is 0 Å². The van der Waals surface area contributed by atoms with Gasteiger partial charge in [-0.15, -0.1) is 0 Å². The lowest BCUT2D eigenvalue weighted by molar-refractivity contribution is -0.144. The van der Waals surface area contributed by atoms with Crippen LogP contribution >= 0.6 is 0 Å². The van der Waals surface area contributed by atoms with Gasteiger partial charge in [0.25, 0.3) is 11.5 Å². The van der Waals surface area contributed by atoms with Crippen LogP contribution in [0.1, 0.15) is 117 Å². The molecule has 68 heavy (non-hydrogen) atoms. The van der Waals surface area contributed by atoms with E-state index < -0.39 is 90.9 Å². The Morgan fingerprint density at radius 1 is 1.04 bits per heavy atom. The van der Waals surface area contributed by atoms with Crippen LogP contribution in [0.25, 0.3) is 10.9 Å². The van der Waals surface area contributed by atoms with Crippen LogP contribution in [0.4, 0.5) is 18.0 Å². The number of ether oxygens (including phenoxy) is 3. The van der Waals surface area contributed by atoms with E-state index in [4.69, 9.17) is 14.2 Å². The highest BCUT2D eigenvalue weighted by molar-refractivity contribution is 7.91. The second-order valence-electron chi connectivity index (χ2n) is 19.9. The van der Waals surface area contributed by atoms with E-state index in [-0.39, 0.29) is 55.5 Å². The highest BCUT2D eigenvalue weighted by atomic mass is 32.2. The summed E-state index contributed by atoms with van der Waals surface area (Å²) in [6.45, 7) is 9.63. The van der Waals surface area contributed by atoms with Gasteiger partial charge in [0.15, 0.2) is 11.4 Å². The number of carbonyl (C=O) groups excluding carboxylic acids is 4. The van der Waals surface area contributed by atoms with E-state index in [1.54, 1.807) is 39.8 Å². The molecule has 4 aliphatic rings. The number of sulfonamides is 1. The summed E-state index contributed by atoms with van der Waals surface area (Å²) in [7, 11) is -4.17. The largest absolute Gasteiger partial charge is 0.494 e. The molecule has 1 aliphatic carbocycles. The molecule has 0 radical (unpaired) electrons. The molecule has 3 N–H and O–H groups in total. The lowest BCUT2D eigenvalue weighted by Gasteiger charge is -2.37. The molecule has 0 bridgehead atoms. The number of allylic oxidation sites excluding steroid dienone is 1. The number of pyridine rings is 1. The smallest absolute Gasteiger partial charge is 0.437 e. The number of benzene rings is 1. The third-order valence-corrected chi connectivity index (χ3v) is 15.6. The molecule has 3 aliphatic heterocycles. The summed E-state index contributed by atoms with van der Waals surface area (Å²) >= 11 is 0. The SMILES string of the molecule is C[C@H]1/C=C\CCCCC[C@H](NC(=O)OC(C)(C)C)C(=O)N2C[C@@]3(CCc4c(c(C(F)(F)F)nc5ccc(OCCCn6cnccc6=O)cc45)O3)C[C@H]2C(=O)N[C@@]1(C)C(=O)NS(=O)(=O)C1(C)CC1. The first-order valence-corrected chi connectivity index (χ1v) is 24.5. The second-order valence-corrected chi connectivity index (χ2v) is 22.1. The Balaban J connectivity index is 1.24. The van der Waals surface area contributed by atoms with Gasteiger partial charge in [0.2, 0.25) is 21.8 Å². The van der Waals surface area contributed by atoms with Gasteiger partial charge in [0, 0.05) is 42.1 Å². The number of alkyl carbamates (subject to hydrolysis) is 1. The first-order chi connectivity index (χ1) is 31.8. The zero-order chi connectivity index (χ0) is 49.5. The molecule has 21 heteroatoms. The Bertz CT molecular complexity index is 2650. The molecule has 1 saturated carbocycles. The fourth-order valence-electron chi connectivity index (χ4n) is 8.89. The molecule has 2 fully saturated rings. The van der Waals surface area contributed by atoms with E-state index in [2.05, 4.69) is 25.3 Å². The van der Waals surface area contributed by atoms with E-state index in [0.29, 0.717) is 62.6 Å². The van der Waals surface area contributed by atoms with Crippen molar-refractivity contribution in [3.63, 3.8) is 0 Å². The predicted molar refractivity (Wildman–Crippen MR) is 243 cm³/mol. The Hall–Kier alpha value is -5.73. The van der Waals surface area contributed by atoms with Crippen molar-refractivity contribution in [2.75, 3.05) is 13.2 Å². The van der Waals surface area contributed by atoms with Crippen molar-refractivity contribution >= 4 is 44.7 Å². The van der Waals surface area contributed by atoms with Crippen LogP contribution in [-0.4, -0.2) is 98.4 Å². The molecular formula is C47H60F3N7O10S. The van der Waals surface area contributed by atoms with Crippen LogP contribution in [0.15, 0.2) is 53.7 Å². The van der Waals surface area contributed by atoms with Gasteiger partial charge in [-0.3, -0.25) is 28.5 Å². The number of aromatic nitrogens is 3. The molecule has 370 valence electrons. The number of rotatable bonds is 9. The van der Waals surface area contributed by atoms with E-state index in [1.165, 1.54) is 54.0 Å². The van der Waals surface area contributed by atoms with Crippen molar-refractivity contribution in [1.82, 2.24) is 34.8 Å². The zero-order valence-corrected chi connectivity index (χ0v) is 40.0. The molecule has 3 aromatic rings. The average Bonchev–Trinajstić information content (AvgIpc) is 3.92. The van der Waals surface area contributed by atoms with Gasteiger partial charge in [0.1, 0.15) is 34.6 Å². The normalized spacial score (nSPS) is 26.0. The third kappa shape index (κ3) is 10.9. The van der Waals surface area contributed by atoms with Gasteiger partial charge in [-0.05, 0) is 104 Å². The van der Waals surface area contributed by atoms with Crippen LogP contribution in [0, 0.1) is 5.92 Å². The number of carbonyl (C=O) groups is 4. The highest BCUT2D eigenvalue weighted by Gasteiger charge is 2.57. The quantitative estimate of drug-likeness (QED) is 0.170. The highest BCUT2D eigenvalue weighted by Crippen LogP contribution is 2.49. The number of hydrogen-bond acceptors (Lipinski definition) is 12. The molecule has 7 rings (SSSR count). The number of hydrogen-bond donors (Lipinski definition) is 3. The maximum absolute atomic E-state index is 15.0. The number of fused-ring (bicyclic) bond motifs is 4. The summed E-state index contributed by atoms with van der Waals surface area (Å²) < 4.78 is 92.3. The van der Waals surface area contributed by atoms with Crippen molar-refractivity contribution in [3.05, 3.63) is 70.6 Å². The van der Waals surface area contributed by atoms with Crippen LogP contribution in [-0.2, 0) is 48.3 Å². The fourth-order valence-corrected chi connectivity index (χ4v) is 10.2. The lowest BCUT2D eigenvalue weighted by atomic mass is 9.84. The maximum Gasteiger partial charge on any atom is 0.437 e.